The Labute approximate surface area is 262 Å². The number of benzene rings is 1. The van der Waals surface area contributed by atoms with Gasteiger partial charge in [-0.05, 0) is 71.2 Å². The summed E-state index contributed by atoms with van der Waals surface area (Å²) in [4.78, 5) is 22.8. The van der Waals surface area contributed by atoms with Gasteiger partial charge in [0, 0.05) is 40.7 Å². The highest BCUT2D eigenvalue weighted by molar-refractivity contribution is 7.90. The normalized spacial score (nSPS) is 24.8. The van der Waals surface area contributed by atoms with Crippen LogP contribution in [0, 0.1) is 5.92 Å². The van der Waals surface area contributed by atoms with E-state index in [4.69, 9.17) is 32.7 Å². The summed E-state index contributed by atoms with van der Waals surface area (Å²) in [7, 11) is 0. The third-order valence-corrected chi connectivity index (χ3v) is 10.5. The van der Waals surface area contributed by atoms with Crippen molar-refractivity contribution in [3.63, 3.8) is 0 Å². The van der Waals surface area contributed by atoms with Gasteiger partial charge in [0.25, 0.3) is 0 Å². The number of aliphatic hydroxyl groups is 1. The van der Waals surface area contributed by atoms with E-state index in [0.717, 1.165) is 16.9 Å². The second-order valence-electron chi connectivity index (χ2n) is 12.0. The lowest BCUT2D eigenvalue weighted by atomic mass is 10.0. The van der Waals surface area contributed by atoms with E-state index in [1.54, 1.807) is 18.2 Å². The first-order chi connectivity index (χ1) is 19.7. The molecule has 1 aliphatic heterocycles. The van der Waals surface area contributed by atoms with Gasteiger partial charge in [0.1, 0.15) is 29.0 Å². The Morgan fingerprint density at radius 2 is 2.07 bits per heavy atom. The first-order valence-corrected chi connectivity index (χ1v) is 16.3. The Balaban J connectivity index is 1.48. The molecule has 0 radical (unpaired) electrons. The number of halogens is 2. The summed E-state index contributed by atoms with van der Waals surface area (Å²) in [5.41, 5.74) is 0.638. The van der Waals surface area contributed by atoms with Crippen molar-refractivity contribution in [2.24, 2.45) is 5.92 Å². The lowest BCUT2D eigenvalue weighted by Gasteiger charge is -2.30. The van der Waals surface area contributed by atoms with Crippen molar-refractivity contribution in [3.05, 3.63) is 73.8 Å². The van der Waals surface area contributed by atoms with Crippen LogP contribution in [0.5, 0.6) is 0 Å². The van der Waals surface area contributed by atoms with Crippen molar-refractivity contribution in [3.8, 4) is 0 Å². The molecule has 13 heteroatoms. The molecule has 1 saturated carbocycles. The molecule has 42 heavy (non-hydrogen) atoms. The number of ether oxygens (including phenoxy) is 2. The largest absolute Gasteiger partial charge is 0.598 e. The maximum Gasteiger partial charge on any atom is 0.208 e. The van der Waals surface area contributed by atoms with Crippen molar-refractivity contribution in [1.29, 1.82) is 0 Å². The van der Waals surface area contributed by atoms with Crippen LogP contribution in [0.4, 0.5) is 5.82 Å². The molecule has 226 valence electrons. The molecule has 1 aliphatic carbocycles. The minimum Gasteiger partial charge on any atom is -0.598 e. The molecule has 2 aromatic heterocycles. The van der Waals surface area contributed by atoms with Crippen LogP contribution in [0.2, 0.25) is 9.36 Å². The summed E-state index contributed by atoms with van der Waals surface area (Å²) in [5, 5.41) is 13.8. The third-order valence-electron chi connectivity index (χ3n) is 7.35. The Morgan fingerprint density at radius 1 is 1.31 bits per heavy atom. The van der Waals surface area contributed by atoms with E-state index in [0.29, 0.717) is 38.5 Å². The first-order valence-electron chi connectivity index (χ1n) is 13.6. The average Bonchev–Trinajstić information content (AvgIpc) is 3.53. The molecule has 5 atom stereocenters. The molecular weight excluding hydrogens is 619 g/mol. The zero-order chi connectivity index (χ0) is 30.4. The number of rotatable bonds is 9. The van der Waals surface area contributed by atoms with Gasteiger partial charge in [0.15, 0.2) is 11.5 Å². The van der Waals surface area contributed by atoms with Gasteiger partial charge in [-0.15, -0.1) is 16.1 Å². The summed E-state index contributed by atoms with van der Waals surface area (Å²) >= 11 is 12.7. The third kappa shape index (κ3) is 6.36. The highest BCUT2D eigenvalue weighted by Gasteiger charge is 2.60. The van der Waals surface area contributed by atoms with Crippen LogP contribution in [0.25, 0.3) is 0 Å². The second-order valence-corrected chi connectivity index (χ2v) is 16.1. The number of carbonyl (C=O) groups is 1. The molecule has 2 fully saturated rings. The van der Waals surface area contributed by atoms with Gasteiger partial charge in [0.05, 0.1) is 14.8 Å². The SMILES string of the molecule is CC1(C)O[C@@H]2[C@@H](CO)CC[C@@]2(Nc2ncncc2C(=O)c2cc(C(N[S+]([O-])C(C)(C)C)c3cccc(Cl)c3)c(Cl)s2)O1. The summed E-state index contributed by atoms with van der Waals surface area (Å²) in [6.45, 7) is 9.22. The maximum atomic E-state index is 14.0. The molecule has 9 nitrogen and oxygen atoms in total. The van der Waals surface area contributed by atoms with Gasteiger partial charge in [-0.1, -0.05) is 35.3 Å². The Hall–Kier alpha value is -1.80. The van der Waals surface area contributed by atoms with Crippen LogP contribution >= 0.6 is 34.5 Å². The molecule has 0 spiro atoms. The number of aromatic nitrogens is 2. The first kappa shape index (κ1) is 31.6. The fraction of sp³-hybridized carbons (Fsp3) is 0.483. The van der Waals surface area contributed by atoms with Crippen molar-refractivity contribution >= 4 is 57.5 Å². The second kappa shape index (κ2) is 11.9. The molecule has 5 rings (SSSR count). The van der Waals surface area contributed by atoms with E-state index < -0.39 is 39.8 Å². The lowest BCUT2D eigenvalue weighted by Crippen LogP contribution is -2.46. The van der Waals surface area contributed by atoms with Crippen LogP contribution in [0.3, 0.4) is 0 Å². The summed E-state index contributed by atoms with van der Waals surface area (Å²) in [6, 6.07) is 8.34. The molecule has 2 unspecified atom stereocenters. The Kier molecular flexibility index (Phi) is 8.99. The summed E-state index contributed by atoms with van der Waals surface area (Å²) in [5.74, 6) is -1.03. The van der Waals surface area contributed by atoms with Crippen LogP contribution in [0.1, 0.15) is 79.9 Å². The predicted octanol–water partition coefficient (Wildman–Crippen LogP) is 5.88. The smallest absolute Gasteiger partial charge is 0.208 e. The van der Waals surface area contributed by atoms with Gasteiger partial charge in [-0.25, -0.2) is 9.97 Å². The topological polar surface area (TPSA) is 129 Å². The van der Waals surface area contributed by atoms with E-state index in [9.17, 15) is 14.5 Å². The van der Waals surface area contributed by atoms with E-state index in [1.165, 1.54) is 12.5 Å². The highest BCUT2D eigenvalue weighted by atomic mass is 35.5. The average molecular weight is 654 g/mol. The number of anilines is 1. The molecular formula is C29H34Cl2N4O5S2. The number of thiophene rings is 1. The molecule has 1 saturated heterocycles. The fourth-order valence-corrected chi connectivity index (χ4v) is 7.71. The zero-order valence-corrected chi connectivity index (χ0v) is 27.1. The van der Waals surface area contributed by atoms with Gasteiger partial charge in [-0.2, -0.15) is 0 Å². The van der Waals surface area contributed by atoms with Crippen LogP contribution in [-0.4, -0.2) is 54.4 Å². The number of hydrogen-bond acceptors (Lipinski definition) is 10. The maximum absolute atomic E-state index is 14.0. The number of carbonyl (C=O) groups excluding carboxylic acids is 1. The molecule has 3 aromatic rings. The number of fused-ring (bicyclic) bond motifs is 1. The van der Waals surface area contributed by atoms with Gasteiger partial charge < -0.3 is 24.4 Å². The predicted molar refractivity (Wildman–Crippen MR) is 165 cm³/mol. The molecule has 0 amide bonds. The lowest BCUT2D eigenvalue weighted by molar-refractivity contribution is -0.168. The van der Waals surface area contributed by atoms with Gasteiger partial charge in [0.2, 0.25) is 5.78 Å². The molecule has 0 bridgehead atoms. The summed E-state index contributed by atoms with van der Waals surface area (Å²) in [6.07, 6.45) is 3.65. The van der Waals surface area contributed by atoms with Crippen molar-refractivity contribution in [2.45, 2.75) is 75.9 Å². The number of nitrogens with zero attached hydrogens (tertiary/aromatic N) is 2. The summed E-state index contributed by atoms with van der Waals surface area (Å²) < 4.78 is 28.7. The molecule has 3 N–H and O–H groups in total. The standard InChI is InChI=1S/C29H34Cl2N4O5S2/c1-27(2,3)42(38)35-22(16-7-6-8-18(30)11-16)19-12-21(41-25(19)31)23(37)20-13-32-15-33-26(20)34-29-10-9-17(14-36)24(29)39-28(4,5)40-29/h6-8,11-13,15,17,22,24,35-36H,9-10,14H2,1-5H3,(H,32,33,34)/t17-,22?,24-,29-,42?/m1/s1. The molecule has 2 aliphatic rings. The monoisotopic (exact) mass is 652 g/mol. The molecule has 3 heterocycles. The van der Waals surface area contributed by atoms with Crippen molar-refractivity contribution < 1.29 is 23.9 Å². The zero-order valence-electron chi connectivity index (χ0n) is 23.9. The number of nitrogens with one attached hydrogen (secondary N) is 2. The Morgan fingerprint density at radius 3 is 2.76 bits per heavy atom. The van der Waals surface area contributed by atoms with Crippen LogP contribution < -0.4 is 10.0 Å². The number of ketones is 1. The Bertz CT molecular complexity index is 1470. The molecule has 1 aromatic carbocycles. The van der Waals surface area contributed by atoms with Crippen molar-refractivity contribution in [1.82, 2.24) is 14.7 Å². The number of hydrogen-bond donors (Lipinski definition) is 3. The van der Waals surface area contributed by atoms with E-state index in [-0.39, 0.29) is 23.9 Å². The quantitative estimate of drug-likeness (QED) is 0.192. The van der Waals surface area contributed by atoms with E-state index >= 15 is 0 Å². The van der Waals surface area contributed by atoms with Crippen LogP contribution in [-0.2, 0) is 20.8 Å². The minimum absolute atomic E-state index is 0.0403. The fourth-order valence-electron chi connectivity index (χ4n) is 5.39. The van der Waals surface area contributed by atoms with E-state index in [2.05, 4.69) is 20.0 Å². The van der Waals surface area contributed by atoms with Gasteiger partial charge >= 0.3 is 0 Å². The van der Waals surface area contributed by atoms with E-state index in [1.807, 2.05) is 46.8 Å². The highest BCUT2D eigenvalue weighted by Crippen LogP contribution is 2.49. The minimum atomic E-state index is -1.45. The van der Waals surface area contributed by atoms with Crippen LogP contribution in [0.15, 0.2) is 42.9 Å². The number of aliphatic hydroxyl groups excluding tert-OH is 1. The van der Waals surface area contributed by atoms with Gasteiger partial charge in [-0.3, -0.25) is 4.79 Å². The van der Waals surface area contributed by atoms with Crippen molar-refractivity contribution in [2.75, 3.05) is 11.9 Å².